The molecule has 0 saturated carbocycles. The van der Waals surface area contributed by atoms with Crippen LogP contribution in [0.5, 0.6) is 0 Å². The Hall–Kier alpha value is -10.9. The van der Waals surface area contributed by atoms with E-state index < -0.39 is 0 Å². The summed E-state index contributed by atoms with van der Waals surface area (Å²) in [5.74, 6) is 0.621. The lowest BCUT2D eigenvalue weighted by Crippen LogP contribution is -2.04. The van der Waals surface area contributed by atoms with Crippen molar-refractivity contribution in [3.63, 3.8) is 0 Å². The van der Waals surface area contributed by atoms with Crippen LogP contribution < -0.4 is 0 Å². The first-order valence-corrected chi connectivity index (χ1v) is 28.9. The largest absolute Gasteiger partial charge is 0.456 e. The molecule has 0 aliphatic heterocycles. The zero-order valence-corrected chi connectivity index (χ0v) is 45.3. The van der Waals surface area contributed by atoms with E-state index in [4.69, 9.17) is 14.4 Å². The summed E-state index contributed by atoms with van der Waals surface area (Å²) in [5, 5.41) is 11.7. The van der Waals surface area contributed by atoms with Gasteiger partial charge in [-0.3, -0.25) is 4.57 Å². The summed E-state index contributed by atoms with van der Waals surface area (Å²) in [6.45, 7) is 0. The van der Waals surface area contributed by atoms with E-state index in [1.54, 1.807) is 0 Å². The van der Waals surface area contributed by atoms with E-state index in [0.717, 1.165) is 116 Å². The second-order valence-electron chi connectivity index (χ2n) is 21.7. The number of nitrogens with zero attached hydrogens (tertiary/aromatic N) is 5. The van der Waals surface area contributed by atoms with Crippen LogP contribution in [0.1, 0.15) is 0 Å². The molecule has 7 heteroatoms. The van der Waals surface area contributed by atoms with Crippen LogP contribution in [0.25, 0.3) is 170 Å². The van der Waals surface area contributed by atoms with E-state index in [2.05, 4.69) is 281 Å². The minimum atomic E-state index is 0.621. The average Bonchev–Trinajstić information content (AvgIpc) is 4.20. The Morgan fingerprint density at radius 1 is 0.253 bits per heavy atom. The van der Waals surface area contributed by atoms with Gasteiger partial charge in [-0.15, -0.1) is 11.3 Å². The molecule has 6 nitrogen and oxygen atoms in total. The zero-order chi connectivity index (χ0) is 54.3. The first-order valence-electron chi connectivity index (χ1n) is 28.1. The van der Waals surface area contributed by atoms with E-state index in [1.165, 1.54) is 47.5 Å². The fraction of sp³-hybridized carbons (Fsp3) is 0. The average molecular weight is 1080 g/mol. The molecule has 18 aromatic rings. The Labute approximate surface area is 479 Å². The van der Waals surface area contributed by atoms with Crippen LogP contribution in [0, 0.1) is 0 Å². The number of para-hydroxylation sites is 4. The molecule has 0 atom stereocenters. The number of hydrogen-bond donors (Lipinski definition) is 0. The maximum Gasteiger partial charge on any atom is 0.235 e. The second kappa shape index (κ2) is 17.8. The Bertz CT molecular complexity index is 5620. The first kappa shape index (κ1) is 45.9. The minimum absolute atomic E-state index is 0.621. The Balaban J connectivity index is 0.821. The summed E-state index contributed by atoms with van der Waals surface area (Å²) in [6.07, 6.45) is 0. The molecule has 83 heavy (non-hydrogen) atoms. The third-order valence-corrected chi connectivity index (χ3v) is 18.2. The van der Waals surface area contributed by atoms with Crippen molar-refractivity contribution >= 4 is 119 Å². The molecule has 0 N–H and O–H groups in total. The molecule has 0 aliphatic carbocycles. The van der Waals surface area contributed by atoms with E-state index in [-0.39, 0.29) is 0 Å². The van der Waals surface area contributed by atoms with Gasteiger partial charge in [-0.25, -0.2) is 9.97 Å². The van der Waals surface area contributed by atoms with E-state index in [0.29, 0.717) is 5.95 Å². The maximum absolute atomic E-state index is 6.49. The first-order chi connectivity index (χ1) is 41.1. The molecule has 0 radical (unpaired) electrons. The smallest absolute Gasteiger partial charge is 0.235 e. The van der Waals surface area contributed by atoms with Crippen molar-refractivity contribution in [1.82, 2.24) is 23.7 Å². The van der Waals surface area contributed by atoms with Crippen LogP contribution in [0.3, 0.4) is 0 Å². The van der Waals surface area contributed by atoms with Crippen molar-refractivity contribution in [2.75, 3.05) is 0 Å². The molecule has 12 aromatic carbocycles. The van der Waals surface area contributed by atoms with Crippen molar-refractivity contribution in [3.8, 4) is 62.1 Å². The Kier molecular flexibility index (Phi) is 9.87. The van der Waals surface area contributed by atoms with Crippen molar-refractivity contribution < 1.29 is 4.42 Å². The van der Waals surface area contributed by atoms with Gasteiger partial charge < -0.3 is 13.6 Å². The van der Waals surface area contributed by atoms with Crippen molar-refractivity contribution in [1.29, 1.82) is 0 Å². The molecule has 0 spiro atoms. The lowest BCUT2D eigenvalue weighted by molar-refractivity contribution is 0.669. The number of furan rings is 1. The highest BCUT2D eigenvalue weighted by Crippen LogP contribution is 2.45. The van der Waals surface area contributed by atoms with Crippen molar-refractivity contribution in [3.05, 3.63) is 273 Å². The standard InChI is InChI=1S/C76H45N5OS/c1-5-17-46(18-6-1)64-45-65(47-19-7-2-8-20-47)78-76(77-64)81-68-34-30-49(37-56(68)59-42-69-58(41-71(59)81)54-25-13-15-27-66(54)79(69)52-21-9-3-10-22-52)51-32-36-75-63(40-51)62-39-50(31-35-74(62)83-75)48-29-33-67-57(38-48)60-44-73-61(55-26-14-16-28-72(55)82-73)43-70(60)80(67)53-23-11-4-12-24-53/h1-45H. The topological polar surface area (TPSA) is 53.7 Å². The highest BCUT2D eigenvalue weighted by Gasteiger charge is 2.23. The summed E-state index contributed by atoms with van der Waals surface area (Å²) in [5.41, 5.74) is 19.2. The third-order valence-electron chi connectivity index (χ3n) is 17.0. The van der Waals surface area contributed by atoms with Gasteiger partial charge in [0.2, 0.25) is 5.95 Å². The number of hydrogen-bond acceptors (Lipinski definition) is 4. The SMILES string of the molecule is c1ccc(-c2cc(-c3ccccc3)nc(-n3c4ccc(-c5ccc6sc7ccc(-c8ccc9c(c8)c8cc%10oc%11ccccc%11c%10cc8n9-c8ccccc8)cc7c6c5)cc4c4cc5c(cc43)c3ccccc3n5-c3ccccc3)n2)cc1. The van der Waals surface area contributed by atoms with Crippen LogP contribution in [0.4, 0.5) is 0 Å². The van der Waals surface area contributed by atoms with Gasteiger partial charge in [-0.1, -0.05) is 158 Å². The second-order valence-corrected chi connectivity index (χ2v) is 22.8. The molecular formula is C76H45N5OS. The molecule has 0 fully saturated rings. The summed E-state index contributed by atoms with van der Waals surface area (Å²) in [7, 11) is 0. The molecule has 386 valence electrons. The summed E-state index contributed by atoms with van der Waals surface area (Å²) in [6, 6.07) is 98.7. The minimum Gasteiger partial charge on any atom is -0.456 e. The molecule has 0 saturated heterocycles. The third kappa shape index (κ3) is 7.08. The van der Waals surface area contributed by atoms with Gasteiger partial charge in [0.25, 0.3) is 0 Å². The highest BCUT2D eigenvalue weighted by molar-refractivity contribution is 7.25. The van der Waals surface area contributed by atoms with Crippen LogP contribution in [0.2, 0.25) is 0 Å². The lowest BCUT2D eigenvalue weighted by Gasteiger charge is -2.12. The zero-order valence-electron chi connectivity index (χ0n) is 44.5. The van der Waals surface area contributed by atoms with Gasteiger partial charge in [-0.05, 0) is 138 Å². The molecule has 18 rings (SSSR count). The van der Waals surface area contributed by atoms with Crippen LogP contribution in [-0.2, 0) is 0 Å². The highest BCUT2D eigenvalue weighted by atomic mass is 32.1. The van der Waals surface area contributed by atoms with E-state index >= 15 is 0 Å². The van der Waals surface area contributed by atoms with Gasteiger partial charge in [-0.2, -0.15) is 0 Å². The molecule has 0 aliphatic rings. The number of fused-ring (bicyclic) bond motifs is 15. The Morgan fingerprint density at radius 3 is 1.24 bits per heavy atom. The molecule has 0 unspecified atom stereocenters. The summed E-state index contributed by atoms with van der Waals surface area (Å²) in [4.78, 5) is 10.9. The number of benzene rings is 12. The lowest BCUT2D eigenvalue weighted by atomic mass is 9.98. The van der Waals surface area contributed by atoms with Crippen molar-refractivity contribution in [2.45, 2.75) is 0 Å². The summed E-state index contributed by atoms with van der Waals surface area (Å²) < 4.78 is 16.1. The molecule has 0 bridgehead atoms. The predicted molar refractivity (Wildman–Crippen MR) is 347 cm³/mol. The van der Waals surface area contributed by atoms with Gasteiger partial charge in [0, 0.05) is 85.8 Å². The number of rotatable bonds is 7. The monoisotopic (exact) mass is 1080 g/mol. The van der Waals surface area contributed by atoms with Crippen LogP contribution >= 0.6 is 11.3 Å². The van der Waals surface area contributed by atoms with Gasteiger partial charge in [0.15, 0.2) is 0 Å². The van der Waals surface area contributed by atoms with E-state index in [9.17, 15) is 0 Å². The fourth-order valence-corrected chi connectivity index (χ4v) is 14.3. The van der Waals surface area contributed by atoms with E-state index in [1.807, 2.05) is 17.4 Å². The van der Waals surface area contributed by atoms with Crippen molar-refractivity contribution in [2.24, 2.45) is 0 Å². The summed E-state index contributed by atoms with van der Waals surface area (Å²) >= 11 is 1.85. The maximum atomic E-state index is 6.49. The van der Waals surface area contributed by atoms with Gasteiger partial charge in [0.1, 0.15) is 11.2 Å². The normalized spacial score (nSPS) is 12.1. The van der Waals surface area contributed by atoms with Gasteiger partial charge >= 0.3 is 0 Å². The number of aromatic nitrogens is 5. The van der Waals surface area contributed by atoms with Crippen LogP contribution in [-0.4, -0.2) is 23.7 Å². The number of thiophene rings is 1. The molecule has 6 aromatic heterocycles. The van der Waals surface area contributed by atoms with Gasteiger partial charge in [0.05, 0.1) is 44.5 Å². The Morgan fingerprint density at radius 2 is 0.663 bits per heavy atom. The molecule has 6 heterocycles. The quantitative estimate of drug-likeness (QED) is 0.160. The molecular weight excluding hydrogens is 1030 g/mol. The van der Waals surface area contributed by atoms with Crippen LogP contribution in [0.15, 0.2) is 277 Å². The predicted octanol–water partition coefficient (Wildman–Crippen LogP) is 20.7. The molecule has 0 amide bonds. The fourth-order valence-electron chi connectivity index (χ4n) is 13.2.